The van der Waals surface area contributed by atoms with Gasteiger partial charge in [0.1, 0.15) is 0 Å². The first kappa shape index (κ1) is 18.6. The molecule has 1 amide bonds. The highest BCUT2D eigenvalue weighted by molar-refractivity contribution is 6.36. The summed E-state index contributed by atoms with van der Waals surface area (Å²) in [7, 11) is 0. The zero-order valence-corrected chi connectivity index (χ0v) is 17.8. The van der Waals surface area contributed by atoms with Crippen molar-refractivity contribution in [1.82, 2.24) is 0 Å². The van der Waals surface area contributed by atoms with Crippen molar-refractivity contribution in [3.8, 4) is 0 Å². The number of hydrogen-bond donors (Lipinski definition) is 2. The van der Waals surface area contributed by atoms with Crippen molar-refractivity contribution >= 4 is 56.9 Å². The minimum atomic E-state index is -1.10. The second-order valence-corrected chi connectivity index (χ2v) is 8.63. The van der Waals surface area contributed by atoms with Gasteiger partial charge in [-0.2, -0.15) is 0 Å². The maximum Gasteiger partial charge on any atom is 0.278 e. The normalized spacial score (nSPS) is 15.7. The van der Waals surface area contributed by atoms with Gasteiger partial charge in [0, 0.05) is 37.9 Å². The van der Waals surface area contributed by atoms with Crippen molar-refractivity contribution in [2.45, 2.75) is 12.2 Å². The van der Waals surface area contributed by atoms with Gasteiger partial charge in [0.25, 0.3) is 5.91 Å². The molecule has 0 fully saturated rings. The van der Waals surface area contributed by atoms with E-state index in [4.69, 9.17) is 23.2 Å². The molecule has 31 heavy (non-hydrogen) atoms. The number of hydrogen-bond acceptors (Lipinski definition) is 3. The Hall–Kier alpha value is -3.21. The van der Waals surface area contributed by atoms with Crippen molar-refractivity contribution in [3.05, 3.63) is 100 Å². The molecule has 0 saturated carbocycles. The molecule has 1 spiro atoms. The van der Waals surface area contributed by atoms with Crippen LogP contribution in [0.5, 0.6) is 0 Å². The fraction of sp³-hybridized carbons (Fsp3) is 0.0800. The number of para-hydroxylation sites is 1. The van der Waals surface area contributed by atoms with E-state index in [9.17, 15) is 4.79 Å². The summed E-state index contributed by atoms with van der Waals surface area (Å²) in [5, 5.41) is 10.3. The first-order valence-electron chi connectivity index (χ1n) is 10.0. The molecule has 0 aliphatic carbocycles. The predicted molar refractivity (Wildman–Crippen MR) is 127 cm³/mol. The van der Waals surface area contributed by atoms with Gasteiger partial charge in [-0.3, -0.25) is 4.79 Å². The van der Waals surface area contributed by atoms with Crippen LogP contribution in [-0.2, 0) is 17.0 Å². The molecule has 6 heteroatoms. The number of nitrogens with zero attached hydrogens (tertiary/aromatic N) is 1. The summed E-state index contributed by atoms with van der Waals surface area (Å²) in [6, 6.07) is 25.4. The first-order valence-corrected chi connectivity index (χ1v) is 10.8. The van der Waals surface area contributed by atoms with Gasteiger partial charge in [0.2, 0.25) is 5.66 Å². The average molecular weight is 446 g/mol. The molecule has 6 rings (SSSR count). The summed E-state index contributed by atoms with van der Waals surface area (Å²) in [6.07, 6.45) is 0. The molecular formula is C25H17Cl2N3O. The Bertz CT molecular complexity index is 1320. The number of carbonyl (C=O) groups is 1. The van der Waals surface area contributed by atoms with Crippen LogP contribution in [0.25, 0.3) is 10.8 Å². The molecule has 4 nitrogen and oxygen atoms in total. The highest BCUT2D eigenvalue weighted by Crippen LogP contribution is 2.48. The maximum atomic E-state index is 14.0. The number of halogens is 2. The molecule has 0 radical (unpaired) electrons. The van der Waals surface area contributed by atoms with Crippen LogP contribution in [-0.4, -0.2) is 5.91 Å². The van der Waals surface area contributed by atoms with Crippen LogP contribution in [0, 0.1) is 0 Å². The van der Waals surface area contributed by atoms with Gasteiger partial charge in [-0.15, -0.1) is 0 Å². The highest BCUT2D eigenvalue weighted by Gasteiger charge is 2.53. The molecule has 2 N–H and O–H groups in total. The summed E-state index contributed by atoms with van der Waals surface area (Å²) in [6.45, 7) is 0.283. The van der Waals surface area contributed by atoms with E-state index in [1.807, 2.05) is 48.5 Å². The average Bonchev–Trinajstić information content (AvgIpc) is 2.99. The number of amides is 1. The van der Waals surface area contributed by atoms with E-state index in [0.29, 0.717) is 10.0 Å². The van der Waals surface area contributed by atoms with E-state index in [2.05, 4.69) is 22.8 Å². The van der Waals surface area contributed by atoms with Crippen molar-refractivity contribution < 1.29 is 4.79 Å². The second kappa shape index (κ2) is 6.64. The predicted octanol–water partition coefficient (Wildman–Crippen LogP) is 6.38. The van der Waals surface area contributed by atoms with Gasteiger partial charge in [0.05, 0.1) is 12.2 Å². The number of benzene rings is 4. The van der Waals surface area contributed by atoms with Crippen molar-refractivity contribution in [3.63, 3.8) is 0 Å². The van der Waals surface area contributed by atoms with Crippen LogP contribution in [0.2, 0.25) is 10.0 Å². The third-order valence-corrected chi connectivity index (χ3v) is 6.80. The number of anilines is 3. The third kappa shape index (κ3) is 2.59. The monoisotopic (exact) mass is 445 g/mol. The Balaban J connectivity index is 1.51. The lowest BCUT2D eigenvalue weighted by atomic mass is 9.94. The number of rotatable bonds is 2. The largest absolute Gasteiger partial charge is 0.351 e. The van der Waals surface area contributed by atoms with Gasteiger partial charge in [-0.1, -0.05) is 71.7 Å². The molecule has 4 aromatic carbocycles. The molecule has 0 saturated heterocycles. The van der Waals surface area contributed by atoms with Gasteiger partial charge in [0.15, 0.2) is 0 Å². The van der Waals surface area contributed by atoms with E-state index in [0.717, 1.165) is 39.0 Å². The van der Waals surface area contributed by atoms with Crippen LogP contribution in [0.3, 0.4) is 0 Å². The molecule has 4 aromatic rings. The Morgan fingerprint density at radius 1 is 0.774 bits per heavy atom. The summed E-state index contributed by atoms with van der Waals surface area (Å²) >= 11 is 12.9. The minimum Gasteiger partial charge on any atom is -0.351 e. The standard InChI is InChI=1S/C25H17Cl2N3O/c26-18-9-5-10-19(27)16(18)14-30-22-13-2-1-8-17(22)25(24(30)31)28-20-11-3-6-15-7-4-12-21(29-25)23(15)20/h1-13,28-29H,14H2. The van der Waals surface area contributed by atoms with Crippen LogP contribution in [0.4, 0.5) is 17.1 Å². The smallest absolute Gasteiger partial charge is 0.278 e. The molecule has 152 valence electrons. The molecule has 0 bridgehead atoms. The van der Waals surface area contributed by atoms with Gasteiger partial charge >= 0.3 is 0 Å². The van der Waals surface area contributed by atoms with Gasteiger partial charge in [-0.25, -0.2) is 0 Å². The van der Waals surface area contributed by atoms with Crippen molar-refractivity contribution in [2.24, 2.45) is 0 Å². The van der Waals surface area contributed by atoms with E-state index >= 15 is 0 Å². The molecule has 2 heterocycles. The van der Waals surface area contributed by atoms with E-state index in [-0.39, 0.29) is 12.5 Å². The molecule has 2 aliphatic heterocycles. The Labute approximate surface area is 189 Å². The lowest BCUT2D eigenvalue weighted by molar-refractivity contribution is -0.121. The molecular weight excluding hydrogens is 429 g/mol. The molecule has 0 unspecified atom stereocenters. The number of nitrogens with one attached hydrogen (secondary N) is 2. The van der Waals surface area contributed by atoms with Gasteiger partial charge < -0.3 is 15.5 Å². The van der Waals surface area contributed by atoms with Crippen LogP contribution in [0.15, 0.2) is 78.9 Å². The van der Waals surface area contributed by atoms with E-state index in [1.54, 1.807) is 23.1 Å². The van der Waals surface area contributed by atoms with E-state index < -0.39 is 5.66 Å². The summed E-state index contributed by atoms with van der Waals surface area (Å²) in [5.74, 6) is -0.101. The molecule has 2 aliphatic rings. The molecule has 0 atom stereocenters. The summed E-state index contributed by atoms with van der Waals surface area (Å²) < 4.78 is 0. The first-order chi connectivity index (χ1) is 15.1. The van der Waals surface area contributed by atoms with Crippen molar-refractivity contribution in [1.29, 1.82) is 0 Å². The Morgan fingerprint density at radius 3 is 2.06 bits per heavy atom. The molecule has 0 aromatic heterocycles. The van der Waals surface area contributed by atoms with Crippen LogP contribution >= 0.6 is 23.2 Å². The van der Waals surface area contributed by atoms with Crippen molar-refractivity contribution in [2.75, 3.05) is 15.5 Å². The third-order valence-electron chi connectivity index (χ3n) is 6.09. The fourth-order valence-corrected chi connectivity index (χ4v) is 5.19. The van der Waals surface area contributed by atoms with Crippen LogP contribution in [0.1, 0.15) is 11.1 Å². The zero-order valence-electron chi connectivity index (χ0n) is 16.3. The minimum absolute atomic E-state index is 0.101. The summed E-state index contributed by atoms with van der Waals surface area (Å²) in [5.41, 5.74) is 3.17. The Kier molecular flexibility index (Phi) is 3.98. The quantitative estimate of drug-likeness (QED) is 0.375. The lowest BCUT2D eigenvalue weighted by Crippen LogP contribution is -2.53. The number of carbonyl (C=O) groups excluding carboxylic acids is 1. The zero-order chi connectivity index (χ0) is 21.2. The topological polar surface area (TPSA) is 44.4 Å². The fourth-order valence-electron chi connectivity index (χ4n) is 4.68. The van der Waals surface area contributed by atoms with Crippen LogP contribution < -0.4 is 15.5 Å². The Morgan fingerprint density at radius 2 is 1.39 bits per heavy atom. The second-order valence-electron chi connectivity index (χ2n) is 7.82. The lowest BCUT2D eigenvalue weighted by Gasteiger charge is -2.37. The van der Waals surface area contributed by atoms with E-state index in [1.165, 1.54) is 0 Å². The number of fused-ring (bicyclic) bond motifs is 2. The SMILES string of the molecule is O=C1N(Cc2c(Cl)cccc2Cl)c2ccccc2C12Nc1cccc3cccc(c13)N2. The maximum absolute atomic E-state index is 14.0. The van der Waals surface area contributed by atoms with Gasteiger partial charge in [-0.05, 0) is 35.7 Å². The highest BCUT2D eigenvalue weighted by atomic mass is 35.5. The summed E-state index contributed by atoms with van der Waals surface area (Å²) in [4.78, 5) is 15.8.